The van der Waals surface area contributed by atoms with Crippen LogP contribution in [-0.2, 0) is 6.54 Å². The Morgan fingerprint density at radius 1 is 1.03 bits per heavy atom. The van der Waals surface area contributed by atoms with Crippen molar-refractivity contribution in [3.05, 3.63) is 83.8 Å². The number of nitrogens with zero attached hydrogens (tertiary/aromatic N) is 3. The highest BCUT2D eigenvalue weighted by Crippen LogP contribution is 2.24. The third kappa shape index (κ3) is 4.35. The maximum Gasteiger partial charge on any atom is 0.257 e. The van der Waals surface area contributed by atoms with Crippen LogP contribution in [0.5, 0.6) is 5.75 Å². The molecule has 0 unspecified atom stereocenters. The summed E-state index contributed by atoms with van der Waals surface area (Å²) in [6, 6.07) is 15.0. The number of benzene rings is 2. The summed E-state index contributed by atoms with van der Waals surface area (Å²) in [5.74, 6) is 1.16. The summed E-state index contributed by atoms with van der Waals surface area (Å²) in [7, 11) is 1.62. The maximum absolute atomic E-state index is 12.5. The van der Waals surface area contributed by atoms with Gasteiger partial charge in [0.1, 0.15) is 11.6 Å². The number of para-hydroxylation sites is 2. The molecular formula is C23H21N5O2. The molecule has 0 aliphatic carbocycles. The van der Waals surface area contributed by atoms with Crippen LogP contribution >= 0.6 is 0 Å². The van der Waals surface area contributed by atoms with Gasteiger partial charge in [-0.25, -0.2) is 4.98 Å². The number of hydrogen-bond acceptors (Lipinski definition) is 6. The highest BCUT2D eigenvalue weighted by Gasteiger charge is 2.10. The highest BCUT2D eigenvalue weighted by atomic mass is 16.5. The van der Waals surface area contributed by atoms with E-state index in [2.05, 4.69) is 25.6 Å². The van der Waals surface area contributed by atoms with Gasteiger partial charge in [0, 0.05) is 30.2 Å². The Bertz CT molecular complexity index is 1210. The molecule has 4 aromatic rings. The van der Waals surface area contributed by atoms with Crippen LogP contribution in [0, 0.1) is 6.92 Å². The van der Waals surface area contributed by atoms with Gasteiger partial charge in [-0.3, -0.25) is 14.8 Å². The number of aromatic nitrogens is 3. The van der Waals surface area contributed by atoms with Gasteiger partial charge < -0.3 is 15.4 Å². The van der Waals surface area contributed by atoms with E-state index in [4.69, 9.17) is 4.74 Å². The molecule has 2 heterocycles. The number of carbonyl (C=O) groups is 1. The zero-order chi connectivity index (χ0) is 20.9. The van der Waals surface area contributed by atoms with Crippen molar-refractivity contribution < 1.29 is 9.53 Å². The predicted octanol–water partition coefficient (Wildman–Crippen LogP) is 4.21. The quantitative estimate of drug-likeness (QED) is 0.505. The van der Waals surface area contributed by atoms with Crippen LogP contribution in [0.3, 0.4) is 0 Å². The Hall–Kier alpha value is -4.00. The molecule has 0 aliphatic rings. The van der Waals surface area contributed by atoms with Crippen LogP contribution < -0.4 is 15.4 Å². The number of ether oxygens (including phenoxy) is 1. The van der Waals surface area contributed by atoms with E-state index < -0.39 is 0 Å². The number of carbonyl (C=O) groups excluding carboxylic acids is 1. The smallest absolute Gasteiger partial charge is 0.257 e. The number of fused-ring (bicyclic) bond motifs is 1. The second kappa shape index (κ2) is 8.57. The molecule has 0 radical (unpaired) electrons. The molecular weight excluding hydrogens is 378 g/mol. The first-order valence-corrected chi connectivity index (χ1v) is 9.48. The second-order valence-corrected chi connectivity index (χ2v) is 6.83. The van der Waals surface area contributed by atoms with Gasteiger partial charge in [-0.2, -0.15) is 0 Å². The Kier molecular flexibility index (Phi) is 5.52. The van der Waals surface area contributed by atoms with Crippen LogP contribution in [-0.4, -0.2) is 28.0 Å². The first-order chi connectivity index (χ1) is 14.6. The van der Waals surface area contributed by atoms with Gasteiger partial charge in [0.05, 0.1) is 29.9 Å². The Morgan fingerprint density at radius 2 is 1.87 bits per heavy atom. The van der Waals surface area contributed by atoms with Gasteiger partial charge in [-0.15, -0.1) is 0 Å². The fraction of sp³-hybridized carbons (Fsp3) is 0.130. The van der Waals surface area contributed by atoms with E-state index in [9.17, 15) is 4.79 Å². The number of nitrogens with one attached hydrogen (secondary N) is 2. The lowest BCUT2D eigenvalue weighted by Crippen LogP contribution is -2.13. The van der Waals surface area contributed by atoms with Crippen LogP contribution in [0.15, 0.2) is 67.1 Å². The normalized spacial score (nSPS) is 10.6. The number of methoxy groups -OCH3 is 1. The molecule has 0 atom stereocenters. The number of rotatable bonds is 6. The number of pyridine rings is 1. The Balaban J connectivity index is 1.51. The molecule has 2 aromatic heterocycles. The lowest BCUT2D eigenvalue weighted by Gasteiger charge is -2.13. The molecule has 7 nitrogen and oxygen atoms in total. The van der Waals surface area contributed by atoms with Gasteiger partial charge >= 0.3 is 0 Å². The van der Waals surface area contributed by atoms with Gasteiger partial charge in [-0.05, 0) is 48.9 Å². The van der Waals surface area contributed by atoms with E-state index >= 15 is 0 Å². The number of amides is 1. The summed E-state index contributed by atoms with van der Waals surface area (Å²) in [4.78, 5) is 25.6. The standard InChI is InChI=1S/C23H21N5O2/c1-15-9-17(12-24-11-15)23(29)27-18-7-8-21(30-2)16(10-18)13-26-22-14-25-19-5-3-4-6-20(19)28-22/h3-12,14H,13H2,1-2H3,(H,26,28)(H,27,29). The predicted molar refractivity (Wildman–Crippen MR) is 117 cm³/mol. The summed E-state index contributed by atoms with van der Waals surface area (Å²) >= 11 is 0. The molecule has 2 aromatic carbocycles. The summed E-state index contributed by atoms with van der Waals surface area (Å²) in [5, 5.41) is 6.18. The Labute approximate surface area is 174 Å². The molecule has 2 N–H and O–H groups in total. The van der Waals surface area contributed by atoms with Crippen LogP contribution in [0.4, 0.5) is 11.5 Å². The van der Waals surface area contributed by atoms with Crippen molar-refractivity contribution in [1.82, 2.24) is 15.0 Å². The second-order valence-electron chi connectivity index (χ2n) is 6.83. The Morgan fingerprint density at radius 3 is 2.67 bits per heavy atom. The minimum Gasteiger partial charge on any atom is -0.496 e. The topological polar surface area (TPSA) is 89.0 Å². The fourth-order valence-corrected chi connectivity index (χ4v) is 3.11. The SMILES string of the molecule is COc1ccc(NC(=O)c2cncc(C)c2)cc1CNc1cnc2ccccc2n1. The van der Waals surface area contributed by atoms with E-state index in [1.54, 1.807) is 37.8 Å². The van der Waals surface area contributed by atoms with Gasteiger partial charge in [0.15, 0.2) is 0 Å². The van der Waals surface area contributed by atoms with E-state index in [0.29, 0.717) is 29.4 Å². The molecule has 0 spiro atoms. The summed E-state index contributed by atoms with van der Waals surface area (Å²) in [6.07, 6.45) is 4.96. The zero-order valence-corrected chi connectivity index (χ0v) is 16.7. The number of anilines is 2. The molecule has 150 valence electrons. The molecule has 7 heteroatoms. The van der Waals surface area contributed by atoms with Crippen LogP contribution in [0.1, 0.15) is 21.5 Å². The fourth-order valence-electron chi connectivity index (χ4n) is 3.11. The van der Waals surface area contributed by atoms with Crippen molar-refractivity contribution >= 4 is 28.4 Å². The molecule has 4 rings (SSSR count). The van der Waals surface area contributed by atoms with E-state index in [1.807, 2.05) is 43.3 Å². The average molecular weight is 399 g/mol. The monoisotopic (exact) mass is 399 g/mol. The maximum atomic E-state index is 12.5. The number of aryl methyl sites for hydroxylation is 1. The van der Waals surface area contributed by atoms with Crippen molar-refractivity contribution in [2.45, 2.75) is 13.5 Å². The first kappa shape index (κ1) is 19.3. The average Bonchev–Trinajstić information content (AvgIpc) is 2.77. The van der Waals surface area contributed by atoms with Crippen molar-refractivity contribution in [3.8, 4) is 5.75 Å². The van der Waals surface area contributed by atoms with Gasteiger partial charge in [0.2, 0.25) is 0 Å². The lowest BCUT2D eigenvalue weighted by molar-refractivity contribution is 0.102. The van der Waals surface area contributed by atoms with Crippen LogP contribution in [0.2, 0.25) is 0 Å². The zero-order valence-electron chi connectivity index (χ0n) is 16.7. The first-order valence-electron chi connectivity index (χ1n) is 9.48. The summed E-state index contributed by atoms with van der Waals surface area (Å²) < 4.78 is 5.47. The summed E-state index contributed by atoms with van der Waals surface area (Å²) in [6.45, 7) is 2.36. The van der Waals surface area contributed by atoms with Gasteiger partial charge in [0.25, 0.3) is 5.91 Å². The minimum atomic E-state index is -0.212. The molecule has 30 heavy (non-hydrogen) atoms. The third-order valence-corrected chi connectivity index (χ3v) is 4.58. The summed E-state index contributed by atoms with van der Waals surface area (Å²) in [5.41, 5.74) is 4.66. The van der Waals surface area contributed by atoms with Crippen molar-refractivity contribution in [3.63, 3.8) is 0 Å². The van der Waals surface area contributed by atoms with Crippen molar-refractivity contribution in [2.24, 2.45) is 0 Å². The van der Waals surface area contributed by atoms with E-state index in [0.717, 1.165) is 22.2 Å². The third-order valence-electron chi connectivity index (χ3n) is 4.58. The number of hydrogen-bond donors (Lipinski definition) is 2. The van der Waals surface area contributed by atoms with E-state index in [1.165, 1.54) is 0 Å². The molecule has 1 amide bonds. The largest absolute Gasteiger partial charge is 0.496 e. The van der Waals surface area contributed by atoms with Gasteiger partial charge in [-0.1, -0.05) is 12.1 Å². The minimum absolute atomic E-state index is 0.212. The molecule has 0 saturated heterocycles. The molecule has 0 saturated carbocycles. The highest BCUT2D eigenvalue weighted by molar-refractivity contribution is 6.04. The van der Waals surface area contributed by atoms with E-state index in [-0.39, 0.29) is 5.91 Å². The van der Waals surface area contributed by atoms with Crippen LogP contribution in [0.25, 0.3) is 11.0 Å². The molecule has 0 aliphatic heterocycles. The molecule has 0 bridgehead atoms. The van der Waals surface area contributed by atoms with Crippen molar-refractivity contribution in [1.29, 1.82) is 0 Å². The molecule has 0 fully saturated rings. The van der Waals surface area contributed by atoms with Crippen molar-refractivity contribution in [2.75, 3.05) is 17.7 Å². The lowest BCUT2D eigenvalue weighted by atomic mass is 10.1.